The summed E-state index contributed by atoms with van der Waals surface area (Å²) in [4.78, 5) is 4.41. The van der Waals surface area contributed by atoms with Crippen LogP contribution in [0.3, 0.4) is 0 Å². The molecule has 0 bridgehead atoms. The molecule has 2 aliphatic rings. The summed E-state index contributed by atoms with van der Waals surface area (Å²) in [5.41, 5.74) is 2.93. The monoisotopic (exact) mass is 342 g/mol. The molecule has 0 aliphatic carbocycles. The van der Waals surface area contributed by atoms with Crippen molar-refractivity contribution >= 4 is 15.6 Å². The smallest absolute Gasteiger partial charge is 0.247 e. The first-order valence-electron chi connectivity index (χ1n) is 8.00. The lowest BCUT2D eigenvalue weighted by Crippen LogP contribution is -2.35. The van der Waals surface area contributed by atoms with Crippen LogP contribution in [0.4, 0.5) is 0 Å². The fourth-order valence-electron chi connectivity index (χ4n) is 3.21. The average Bonchev–Trinajstić information content (AvgIpc) is 3.11. The van der Waals surface area contributed by atoms with Crippen LogP contribution in [0.15, 0.2) is 53.7 Å². The van der Waals surface area contributed by atoms with E-state index in [9.17, 15) is 8.42 Å². The molecule has 0 saturated carbocycles. The minimum Gasteiger partial charge on any atom is -0.492 e. The zero-order valence-corrected chi connectivity index (χ0v) is 14.0. The van der Waals surface area contributed by atoms with Crippen LogP contribution in [0, 0.1) is 0 Å². The first-order valence-corrected chi connectivity index (χ1v) is 9.44. The van der Waals surface area contributed by atoms with E-state index in [-0.39, 0.29) is 4.90 Å². The number of pyridine rings is 1. The Hall–Kier alpha value is -2.18. The molecule has 0 N–H and O–H groups in total. The highest BCUT2D eigenvalue weighted by Gasteiger charge is 2.32. The summed E-state index contributed by atoms with van der Waals surface area (Å²) >= 11 is 0. The minimum atomic E-state index is -3.58. The average molecular weight is 342 g/mol. The van der Waals surface area contributed by atoms with Crippen LogP contribution in [0.2, 0.25) is 0 Å². The van der Waals surface area contributed by atoms with Gasteiger partial charge in [0.25, 0.3) is 0 Å². The summed E-state index contributed by atoms with van der Waals surface area (Å²) in [5, 5.41) is 0. The van der Waals surface area contributed by atoms with Gasteiger partial charge in [0.1, 0.15) is 10.6 Å². The molecular formula is C18H18N2O3S. The molecule has 0 unspecified atom stereocenters. The molecule has 0 atom stereocenters. The summed E-state index contributed by atoms with van der Waals surface area (Å²) in [6.45, 7) is 1.39. The highest BCUT2D eigenvalue weighted by atomic mass is 32.2. The van der Waals surface area contributed by atoms with Gasteiger partial charge < -0.3 is 4.74 Å². The van der Waals surface area contributed by atoms with Gasteiger partial charge in [-0.3, -0.25) is 4.98 Å². The van der Waals surface area contributed by atoms with Crippen LogP contribution < -0.4 is 4.74 Å². The van der Waals surface area contributed by atoms with Gasteiger partial charge in [0, 0.05) is 31.9 Å². The Labute approximate surface area is 141 Å². The standard InChI is InChI=1S/C18H18N2O3S/c21-24(22,17-7-1-4-14-8-11-23-18(14)17)20-10-3-6-16(13-20)15-5-2-9-19-12-15/h1-2,4-7,9,12H,3,8,10-11,13H2. The van der Waals surface area contributed by atoms with E-state index in [0.29, 0.717) is 31.9 Å². The van der Waals surface area contributed by atoms with Crippen molar-refractivity contribution in [2.24, 2.45) is 0 Å². The van der Waals surface area contributed by atoms with Gasteiger partial charge >= 0.3 is 0 Å². The van der Waals surface area contributed by atoms with Gasteiger partial charge in [0.15, 0.2) is 0 Å². The van der Waals surface area contributed by atoms with E-state index in [1.54, 1.807) is 24.5 Å². The van der Waals surface area contributed by atoms with E-state index in [4.69, 9.17) is 4.74 Å². The molecule has 2 aliphatic heterocycles. The third-order valence-electron chi connectivity index (χ3n) is 4.44. The summed E-state index contributed by atoms with van der Waals surface area (Å²) in [5.74, 6) is 0.523. The minimum absolute atomic E-state index is 0.282. The number of aromatic nitrogens is 1. The third-order valence-corrected chi connectivity index (χ3v) is 6.31. The van der Waals surface area contributed by atoms with Gasteiger partial charge in [-0.15, -0.1) is 0 Å². The zero-order chi connectivity index (χ0) is 16.6. The van der Waals surface area contributed by atoms with Crippen LogP contribution in [-0.4, -0.2) is 37.4 Å². The number of nitrogens with zero attached hydrogens (tertiary/aromatic N) is 2. The number of hydrogen-bond donors (Lipinski definition) is 0. The molecule has 0 amide bonds. The van der Waals surface area contributed by atoms with Gasteiger partial charge in [-0.2, -0.15) is 4.31 Å². The lowest BCUT2D eigenvalue weighted by Gasteiger charge is -2.27. The van der Waals surface area contributed by atoms with E-state index >= 15 is 0 Å². The molecule has 124 valence electrons. The van der Waals surface area contributed by atoms with E-state index in [2.05, 4.69) is 11.1 Å². The first-order chi connectivity index (χ1) is 11.7. The number of sulfonamides is 1. The van der Waals surface area contributed by atoms with Crippen molar-refractivity contribution in [2.75, 3.05) is 19.7 Å². The molecule has 0 fully saturated rings. The van der Waals surface area contributed by atoms with Crippen LogP contribution in [0.5, 0.6) is 5.75 Å². The highest BCUT2D eigenvalue weighted by Crippen LogP contribution is 2.35. The molecule has 5 nitrogen and oxygen atoms in total. The van der Waals surface area contributed by atoms with E-state index < -0.39 is 10.0 Å². The Morgan fingerprint density at radius 1 is 1.17 bits per heavy atom. The fourth-order valence-corrected chi connectivity index (χ4v) is 4.82. The van der Waals surface area contributed by atoms with Gasteiger partial charge in [-0.25, -0.2) is 8.42 Å². The molecule has 0 saturated heterocycles. The number of para-hydroxylation sites is 1. The lowest BCUT2D eigenvalue weighted by molar-refractivity contribution is 0.346. The normalized spacial score (nSPS) is 17.9. The van der Waals surface area contributed by atoms with Crippen molar-refractivity contribution in [3.05, 3.63) is 59.9 Å². The highest BCUT2D eigenvalue weighted by molar-refractivity contribution is 7.89. The Morgan fingerprint density at radius 2 is 2.08 bits per heavy atom. The van der Waals surface area contributed by atoms with Crippen LogP contribution in [0.1, 0.15) is 17.5 Å². The molecule has 4 rings (SSSR count). The number of ether oxygens (including phenoxy) is 1. The molecule has 6 heteroatoms. The van der Waals surface area contributed by atoms with Gasteiger partial charge in [0.2, 0.25) is 10.0 Å². The van der Waals surface area contributed by atoms with Crippen molar-refractivity contribution in [3.63, 3.8) is 0 Å². The Bertz CT molecular complexity index is 892. The van der Waals surface area contributed by atoms with Crippen LogP contribution in [0.25, 0.3) is 5.57 Å². The predicted octanol–water partition coefficient (Wildman–Crippen LogP) is 2.49. The van der Waals surface area contributed by atoms with Gasteiger partial charge in [-0.05, 0) is 35.3 Å². The molecule has 1 aromatic carbocycles. The molecular weight excluding hydrogens is 324 g/mol. The molecule has 2 aromatic rings. The van der Waals surface area contributed by atoms with Crippen LogP contribution >= 0.6 is 0 Å². The van der Waals surface area contributed by atoms with E-state index in [1.165, 1.54) is 4.31 Å². The second-order valence-electron chi connectivity index (χ2n) is 5.94. The Morgan fingerprint density at radius 3 is 2.92 bits per heavy atom. The van der Waals surface area contributed by atoms with Crippen molar-refractivity contribution in [3.8, 4) is 5.75 Å². The maximum Gasteiger partial charge on any atom is 0.247 e. The molecule has 1 aromatic heterocycles. The van der Waals surface area contributed by atoms with Crippen molar-refractivity contribution in [2.45, 2.75) is 17.7 Å². The van der Waals surface area contributed by atoms with Gasteiger partial charge in [-0.1, -0.05) is 24.3 Å². The summed E-state index contributed by atoms with van der Waals surface area (Å²) in [7, 11) is -3.58. The number of hydrogen-bond acceptors (Lipinski definition) is 4. The van der Waals surface area contributed by atoms with Crippen molar-refractivity contribution in [1.82, 2.24) is 9.29 Å². The summed E-state index contributed by atoms with van der Waals surface area (Å²) < 4.78 is 33.4. The summed E-state index contributed by atoms with van der Waals surface area (Å²) in [6.07, 6.45) is 7.03. The topological polar surface area (TPSA) is 59.5 Å². The number of benzene rings is 1. The quantitative estimate of drug-likeness (QED) is 0.860. The molecule has 3 heterocycles. The molecule has 0 spiro atoms. The predicted molar refractivity (Wildman–Crippen MR) is 91.2 cm³/mol. The van der Waals surface area contributed by atoms with Crippen molar-refractivity contribution < 1.29 is 13.2 Å². The maximum atomic E-state index is 13.1. The summed E-state index contributed by atoms with van der Waals surface area (Å²) in [6, 6.07) is 9.18. The van der Waals surface area contributed by atoms with E-state index in [0.717, 1.165) is 23.1 Å². The fraction of sp³-hybridized carbons (Fsp3) is 0.278. The third kappa shape index (κ3) is 2.61. The Kier molecular flexibility index (Phi) is 3.86. The second kappa shape index (κ2) is 6.03. The number of fused-ring (bicyclic) bond motifs is 1. The Balaban J connectivity index is 1.67. The number of rotatable bonds is 3. The zero-order valence-electron chi connectivity index (χ0n) is 13.2. The van der Waals surface area contributed by atoms with E-state index in [1.807, 2.05) is 18.2 Å². The second-order valence-corrected chi connectivity index (χ2v) is 7.85. The van der Waals surface area contributed by atoms with Crippen molar-refractivity contribution in [1.29, 1.82) is 0 Å². The lowest BCUT2D eigenvalue weighted by atomic mass is 10.0. The largest absolute Gasteiger partial charge is 0.492 e. The SMILES string of the molecule is O=S(=O)(c1cccc2c1OCC2)N1CCC=C(c2cccnc2)C1. The van der Waals surface area contributed by atoms with Crippen LogP contribution in [-0.2, 0) is 16.4 Å². The maximum absolute atomic E-state index is 13.1. The van der Waals surface area contributed by atoms with Gasteiger partial charge in [0.05, 0.1) is 6.61 Å². The molecule has 24 heavy (non-hydrogen) atoms. The molecule has 0 radical (unpaired) electrons. The first kappa shape index (κ1) is 15.4.